The van der Waals surface area contributed by atoms with Crippen molar-refractivity contribution in [1.29, 1.82) is 0 Å². The minimum absolute atomic E-state index is 0. The third-order valence-electron chi connectivity index (χ3n) is 3.08. The van der Waals surface area contributed by atoms with E-state index in [2.05, 4.69) is 29.6 Å². The fourth-order valence-electron chi connectivity index (χ4n) is 2.25. The highest BCUT2D eigenvalue weighted by atomic mass is 35.5. The number of hydrogen-bond acceptors (Lipinski definition) is 2. The fraction of sp³-hybridized carbons (Fsp3) is 0.462. The first-order valence-electron chi connectivity index (χ1n) is 5.86. The highest BCUT2D eigenvalue weighted by Gasteiger charge is 2.19. The predicted molar refractivity (Wildman–Crippen MR) is 71.3 cm³/mol. The number of carbonyl (C=O) groups is 1. The van der Waals surface area contributed by atoms with E-state index in [9.17, 15) is 4.79 Å². The zero-order chi connectivity index (χ0) is 11.4. The summed E-state index contributed by atoms with van der Waals surface area (Å²) in [5.74, 6) is 0.0758. The summed E-state index contributed by atoms with van der Waals surface area (Å²) in [7, 11) is 0. The summed E-state index contributed by atoms with van der Waals surface area (Å²) in [5.41, 5.74) is 8.14. The molecule has 1 amide bonds. The molecule has 1 aromatic rings. The van der Waals surface area contributed by atoms with Crippen molar-refractivity contribution < 1.29 is 4.79 Å². The van der Waals surface area contributed by atoms with Crippen LogP contribution in [0.25, 0.3) is 0 Å². The van der Waals surface area contributed by atoms with E-state index in [1.54, 1.807) is 0 Å². The first-order chi connectivity index (χ1) is 7.79. The summed E-state index contributed by atoms with van der Waals surface area (Å²) >= 11 is 0. The summed E-state index contributed by atoms with van der Waals surface area (Å²) < 4.78 is 0. The Morgan fingerprint density at radius 3 is 2.76 bits per heavy atom. The van der Waals surface area contributed by atoms with E-state index in [-0.39, 0.29) is 24.4 Å². The van der Waals surface area contributed by atoms with Gasteiger partial charge in [-0.2, -0.15) is 0 Å². The third kappa shape index (κ3) is 3.72. The van der Waals surface area contributed by atoms with Crippen LogP contribution in [-0.4, -0.2) is 18.5 Å². The van der Waals surface area contributed by atoms with Crippen molar-refractivity contribution in [3.8, 4) is 0 Å². The van der Waals surface area contributed by atoms with Gasteiger partial charge in [0.25, 0.3) is 0 Å². The van der Waals surface area contributed by atoms with Crippen LogP contribution in [0, 0.1) is 0 Å². The molecule has 0 aliphatic heterocycles. The topological polar surface area (TPSA) is 55.1 Å². The number of amides is 1. The Labute approximate surface area is 108 Å². The van der Waals surface area contributed by atoms with Crippen molar-refractivity contribution >= 4 is 18.3 Å². The van der Waals surface area contributed by atoms with Gasteiger partial charge in [0.2, 0.25) is 5.91 Å². The van der Waals surface area contributed by atoms with Gasteiger partial charge in [-0.3, -0.25) is 4.79 Å². The van der Waals surface area contributed by atoms with Gasteiger partial charge in [-0.25, -0.2) is 0 Å². The van der Waals surface area contributed by atoms with Gasteiger partial charge in [-0.05, 0) is 30.4 Å². The minimum atomic E-state index is 0. The molecule has 94 valence electrons. The standard InChI is InChI=1S/C13H18N2O.ClH/c14-8-7-13(16)15-12-6-5-10-3-1-2-4-11(10)9-12;/h1-4,12H,5-9,14H2,(H,15,16);1H. The number of rotatable bonds is 3. The molecule has 3 N–H and O–H groups in total. The van der Waals surface area contributed by atoms with E-state index in [0.29, 0.717) is 13.0 Å². The second-order valence-electron chi connectivity index (χ2n) is 4.31. The van der Waals surface area contributed by atoms with Crippen LogP contribution in [0.5, 0.6) is 0 Å². The molecule has 0 aromatic heterocycles. The molecule has 1 atom stereocenters. The van der Waals surface area contributed by atoms with E-state index in [1.165, 1.54) is 11.1 Å². The summed E-state index contributed by atoms with van der Waals surface area (Å²) in [6.45, 7) is 0.426. The molecule has 0 saturated carbocycles. The second-order valence-corrected chi connectivity index (χ2v) is 4.31. The Balaban J connectivity index is 0.00000144. The predicted octanol–water partition coefficient (Wildman–Crippen LogP) is 1.43. The largest absolute Gasteiger partial charge is 0.353 e. The number of aryl methyl sites for hydroxylation is 1. The Morgan fingerprint density at radius 1 is 1.35 bits per heavy atom. The number of carbonyl (C=O) groups excluding carboxylic acids is 1. The van der Waals surface area contributed by atoms with Crippen LogP contribution in [0.1, 0.15) is 24.0 Å². The Hall–Kier alpha value is -1.06. The smallest absolute Gasteiger partial charge is 0.221 e. The van der Waals surface area contributed by atoms with E-state index in [4.69, 9.17) is 5.73 Å². The molecule has 1 aromatic carbocycles. The van der Waals surface area contributed by atoms with Gasteiger partial charge in [0.1, 0.15) is 0 Å². The van der Waals surface area contributed by atoms with Gasteiger partial charge >= 0.3 is 0 Å². The van der Waals surface area contributed by atoms with Gasteiger partial charge in [0, 0.05) is 19.0 Å². The molecule has 2 rings (SSSR count). The summed E-state index contributed by atoms with van der Waals surface area (Å²) in [6.07, 6.45) is 3.47. The lowest BCUT2D eigenvalue weighted by atomic mass is 9.88. The molecule has 0 saturated heterocycles. The van der Waals surface area contributed by atoms with Crippen molar-refractivity contribution in [2.24, 2.45) is 5.73 Å². The molecule has 1 unspecified atom stereocenters. The average molecular weight is 255 g/mol. The maximum Gasteiger partial charge on any atom is 0.221 e. The molecule has 3 nitrogen and oxygen atoms in total. The van der Waals surface area contributed by atoms with Crippen LogP contribution in [-0.2, 0) is 17.6 Å². The number of nitrogens with one attached hydrogen (secondary N) is 1. The van der Waals surface area contributed by atoms with Gasteiger partial charge < -0.3 is 11.1 Å². The molecule has 17 heavy (non-hydrogen) atoms. The van der Waals surface area contributed by atoms with Crippen molar-refractivity contribution in [3.63, 3.8) is 0 Å². The number of nitrogens with two attached hydrogens (primary N) is 1. The summed E-state index contributed by atoms with van der Waals surface area (Å²) in [4.78, 5) is 11.4. The van der Waals surface area contributed by atoms with Crippen molar-refractivity contribution in [3.05, 3.63) is 35.4 Å². The van der Waals surface area contributed by atoms with Gasteiger partial charge in [0.15, 0.2) is 0 Å². The van der Waals surface area contributed by atoms with Crippen LogP contribution in [0.4, 0.5) is 0 Å². The van der Waals surface area contributed by atoms with Crippen molar-refractivity contribution in [2.45, 2.75) is 31.7 Å². The monoisotopic (exact) mass is 254 g/mol. The van der Waals surface area contributed by atoms with Crippen LogP contribution >= 0.6 is 12.4 Å². The molecule has 0 heterocycles. The number of fused-ring (bicyclic) bond motifs is 1. The van der Waals surface area contributed by atoms with Gasteiger partial charge in [-0.15, -0.1) is 12.4 Å². The van der Waals surface area contributed by atoms with Crippen molar-refractivity contribution in [1.82, 2.24) is 5.32 Å². The second kappa shape index (κ2) is 6.62. The number of hydrogen-bond donors (Lipinski definition) is 2. The molecule has 0 bridgehead atoms. The van der Waals surface area contributed by atoms with Crippen LogP contribution in [0.2, 0.25) is 0 Å². The molecule has 0 radical (unpaired) electrons. The Kier molecular flexibility index (Phi) is 5.45. The zero-order valence-corrected chi connectivity index (χ0v) is 10.6. The zero-order valence-electron chi connectivity index (χ0n) is 9.82. The molecular formula is C13H19ClN2O. The quantitative estimate of drug-likeness (QED) is 0.858. The molecule has 0 spiro atoms. The Morgan fingerprint density at radius 2 is 2.06 bits per heavy atom. The first kappa shape index (κ1) is 14.0. The summed E-state index contributed by atoms with van der Waals surface area (Å²) in [5, 5.41) is 3.04. The maximum absolute atomic E-state index is 11.4. The lowest BCUT2D eigenvalue weighted by molar-refractivity contribution is -0.121. The summed E-state index contributed by atoms with van der Waals surface area (Å²) in [6, 6.07) is 8.74. The molecule has 0 fully saturated rings. The van der Waals surface area contributed by atoms with E-state index in [1.807, 2.05) is 0 Å². The van der Waals surface area contributed by atoms with Crippen LogP contribution in [0.3, 0.4) is 0 Å². The Bertz CT molecular complexity index is 381. The van der Waals surface area contributed by atoms with Gasteiger partial charge in [-0.1, -0.05) is 24.3 Å². The van der Waals surface area contributed by atoms with Gasteiger partial charge in [0.05, 0.1) is 0 Å². The highest BCUT2D eigenvalue weighted by molar-refractivity contribution is 5.85. The molecule has 1 aliphatic carbocycles. The normalized spacial score (nSPS) is 17.8. The number of halogens is 1. The van der Waals surface area contributed by atoms with E-state index >= 15 is 0 Å². The SMILES string of the molecule is Cl.NCCC(=O)NC1CCc2ccccc2C1. The minimum Gasteiger partial charge on any atom is -0.353 e. The lowest BCUT2D eigenvalue weighted by Gasteiger charge is -2.25. The van der Waals surface area contributed by atoms with Crippen molar-refractivity contribution in [2.75, 3.05) is 6.54 Å². The average Bonchev–Trinajstić information content (AvgIpc) is 2.29. The van der Waals surface area contributed by atoms with Crippen LogP contribution < -0.4 is 11.1 Å². The van der Waals surface area contributed by atoms with Crippen LogP contribution in [0.15, 0.2) is 24.3 Å². The first-order valence-corrected chi connectivity index (χ1v) is 5.86. The molecule has 4 heteroatoms. The molecule has 1 aliphatic rings. The highest BCUT2D eigenvalue weighted by Crippen LogP contribution is 2.20. The number of benzene rings is 1. The molecular weight excluding hydrogens is 236 g/mol. The van der Waals surface area contributed by atoms with E-state index in [0.717, 1.165) is 19.3 Å². The fourth-order valence-corrected chi connectivity index (χ4v) is 2.25. The maximum atomic E-state index is 11.4. The third-order valence-corrected chi connectivity index (χ3v) is 3.08. The van der Waals surface area contributed by atoms with E-state index < -0.39 is 0 Å². The lowest BCUT2D eigenvalue weighted by Crippen LogP contribution is -2.39.